The lowest BCUT2D eigenvalue weighted by Crippen LogP contribution is -2.21. The van der Waals surface area contributed by atoms with Crippen molar-refractivity contribution in [2.75, 3.05) is 11.9 Å². The molecule has 0 aliphatic heterocycles. The summed E-state index contributed by atoms with van der Waals surface area (Å²) in [6.45, 7) is -1.11. The molecular weight excluding hydrogens is 279 g/mol. The molecule has 0 spiro atoms. The fourth-order valence-corrected chi connectivity index (χ4v) is 1.41. The van der Waals surface area contributed by atoms with Crippen LogP contribution in [0.2, 0.25) is 0 Å². The second kappa shape index (κ2) is 6.38. The molecule has 0 fully saturated rings. The van der Waals surface area contributed by atoms with Crippen LogP contribution >= 0.6 is 12.4 Å². The van der Waals surface area contributed by atoms with Crippen LogP contribution in [0, 0.1) is 0 Å². The molecule has 0 aliphatic carbocycles. The van der Waals surface area contributed by atoms with Gasteiger partial charge in [-0.15, -0.1) is 12.4 Å². The lowest BCUT2D eigenvalue weighted by Gasteiger charge is -2.09. The molecule has 0 saturated carbocycles. The van der Waals surface area contributed by atoms with Crippen molar-refractivity contribution in [1.82, 2.24) is 9.97 Å². The van der Waals surface area contributed by atoms with Crippen molar-refractivity contribution in [3.8, 4) is 11.3 Å². The second-order valence-electron chi connectivity index (χ2n) is 3.62. The van der Waals surface area contributed by atoms with Gasteiger partial charge in [0.05, 0.1) is 5.69 Å². The van der Waals surface area contributed by atoms with Crippen molar-refractivity contribution < 1.29 is 13.2 Å². The van der Waals surface area contributed by atoms with Crippen LogP contribution in [0.15, 0.2) is 42.7 Å². The van der Waals surface area contributed by atoms with Crippen LogP contribution in [0.1, 0.15) is 0 Å². The number of alkyl halides is 3. The zero-order valence-electron chi connectivity index (χ0n) is 9.69. The Hall–Kier alpha value is -1.82. The van der Waals surface area contributed by atoms with E-state index in [-0.39, 0.29) is 18.2 Å². The summed E-state index contributed by atoms with van der Waals surface area (Å²) < 4.78 is 36.2. The molecule has 19 heavy (non-hydrogen) atoms. The number of nitrogens with zero attached hydrogens (tertiary/aromatic N) is 2. The highest BCUT2D eigenvalue weighted by molar-refractivity contribution is 5.85. The normalized spacial score (nSPS) is 10.7. The minimum atomic E-state index is -4.27. The van der Waals surface area contributed by atoms with Gasteiger partial charge in [-0.2, -0.15) is 13.2 Å². The monoisotopic (exact) mass is 289 g/mol. The Labute approximate surface area is 114 Å². The zero-order chi connectivity index (χ0) is 13.0. The maximum atomic E-state index is 12.1. The van der Waals surface area contributed by atoms with E-state index >= 15 is 0 Å². The maximum absolute atomic E-state index is 12.1. The Morgan fingerprint density at radius 3 is 2.37 bits per heavy atom. The van der Waals surface area contributed by atoms with Crippen LogP contribution in [0.25, 0.3) is 11.3 Å². The predicted molar refractivity (Wildman–Crippen MR) is 69.3 cm³/mol. The van der Waals surface area contributed by atoms with Gasteiger partial charge in [-0.25, -0.2) is 9.97 Å². The highest BCUT2D eigenvalue weighted by Gasteiger charge is 2.26. The van der Waals surface area contributed by atoms with Crippen LogP contribution in [0.3, 0.4) is 0 Å². The summed E-state index contributed by atoms with van der Waals surface area (Å²) in [5, 5.41) is 2.22. The first-order valence-corrected chi connectivity index (χ1v) is 5.23. The molecule has 0 bridgehead atoms. The first-order chi connectivity index (χ1) is 8.54. The average Bonchev–Trinajstić information content (AvgIpc) is 2.37. The van der Waals surface area contributed by atoms with E-state index < -0.39 is 12.7 Å². The van der Waals surface area contributed by atoms with E-state index in [9.17, 15) is 13.2 Å². The van der Waals surface area contributed by atoms with E-state index in [1.54, 1.807) is 0 Å². The van der Waals surface area contributed by atoms with Gasteiger partial charge in [-0.1, -0.05) is 30.3 Å². The van der Waals surface area contributed by atoms with E-state index in [1.807, 2.05) is 30.3 Å². The molecule has 0 radical (unpaired) electrons. The fraction of sp³-hybridized carbons (Fsp3) is 0.167. The quantitative estimate of drug-likeness (QED) is 0.939. The van der Waals surface area contributed by atoms with Crippen LogP contribution in [-0.2, 0) is 0 Å². The average molecular weight is 290 g/mol. The van der Waals surface area contributed by atoms with Crippen LogP contribution in [0.4, 0.5) is 19.0 Å². The summed E-state index contributed by atoms with van der Waals surface area (Å²) in [7, 11) is 0. The van der Waals surface area contributed by atoms with Crippen LogP contribution in [0.5, 0.6) is 0 Å². The highest BCUT2D eigenvalue weighted by atomic mass is 35.5. The third-order valence-corrected chi connectivity index (χ3v) is 2.21. The third-order valence-electron chi connectivity index (χ3n) is 2.21. The minimum Gasteiger partial charge on any atom is -0.361 e. The first-order valence-electron chi connectivity index (χ1n) is 5.23. The topological polar surface area (TPSA) is 37.8 Å². The maximum Gasteiger partial charge on any atom is 0.405 e. The molecule has 1 N–H and O–H groups in total. The molecule has 1 aromatic carbocycles. The van der Waals surface area contributed by atoms with Crippen LogP contribution < -0.4 is 5.32 Å². The van der Waals surface area contributed by atoms with Crippen molar-refractivity contribution in [1.29, 1.82) is 0 Å². The summed E-state index contributed by atoms with van der Waals surface area (Å²) >= 11 is 0. The van der Waals surface area contributed by atoms with E-state index in [0.717, 1.165) is 5.56 Å². The van der Waals surface area contributed by atoms with Crippen molar-refractivity contribution in [2.45, 2.75) is 6.18 Å². The molecule has 0 aliphatic rings. The minimum absolute atomic E-state index is 0. The number of benzene rings is 1. The Morgan fingerprint density at radius 2 is 1.74 bits per heavy atom. The Bertz CT molecular complexity index is 517. The van der Waals surface area contributed by atoms with E-state index in [2.05, 4.69) is 15.3 Å². The molecule has 102 valence electrons. The van der Waals surface area contributed by atoms with E-state index in [0.29, 0.717) is 5.69 Å². The lowest BCUT2D eigenvalue weighted by atomic mass is 10.1. The molecular formula is C12H11ClF3N3. The number of anilines is 1. The summed E-state index contributed by atoms with van der Waals surface area (Å²) in [5.41, 5.74) is 1.41. The van der Waals surface area contributed by atoms with Gasteiger partial charge in [-0.3, -0.25) is 0 Å². The summed E-state index contributed by atoms with van der Waals surface area (Å²) in [4.78, 5) is 7.77. The standard InChI is InChI=1S/C12H10F3N3.ClH/c13-12(14,15)7-16-11-6-10(17-8-18-11)9-4-2-1-3-5-9;/h1-6,8H,7H2,(H,16,17,18);1H. The second-order valence-corrected chi connectivity index (χ2v) is 3.62. The number of hydrogen-bond donors (Lipinski definition) is 1. The molecule has 1 heterocycles. The van der Waals surface area contributed by atoms with Gasteiger partial charge in [0.25, 0.3) is 0 Å². The number of halogens is 4. The first kappa shape index (κ1) is 15.2. The summed E-state index contributed by atoms with van der Waals surface area (Å²) in [6, 6.07) is 10.7. The molecule has 7 heteroatoms. The molecule has 2 rings (SSSR count). The SMILES string of the molecule is Cl.FC(F)(F)CNc1cc(-c2ccccc2)ncn1. The highest BCUT2D eigenvalue weighted by Crippen LogP contribution is 2.19. The smallest absolute Gasteiger partial charge is 0.361 e. The van der Waals surface area contributed by atoms with Gasteiger partial charge in [0.2, 0.25) is 0 Å². The van der Waals surface area contributed by atoms with Gasteiger partial charge in [0, 0.05) is 11.6 Å². The van der Waals surface area contributed by atoms with Gasteiger partial charge < -0.3 is 5.32 Å². The molecule has 0 unspecified atom stereocenters. The van der Waals surface area contributed by atoms with Gasteiger partial charge >= 0.3 is 6.18 Å². The number of rotatable bonds is 3. The summed E-state index contributed by atoms with van der Waals surface area (Å²) in [6.07, 6.45) is -3.03. The zero-order valence-corrected chi connectivity index (χ0v) is 10.5. The fourth-order valence-electron chi connectivity index (χ4n) is 1.41. The number of hydrogen-bond acceptors (Lipinski definition) is 3. The third kappa shape index (κ3) is 4.75. The van der Waals surface area contributed by atoms with Crippen molar-refractivity contribution >= 4 is 18.2 Å². The Balaban J connectivity index is 0.00000180. The van der Waals surface area contributed by atoms with E-state index in [4.69, 9.17) is 0 Å². The van der Waals surface area contributed by atoms with Crippen molar-refractivity contribution in [3.05, 3.63) is 42.7 Å². The molecule has 0 amide bonds. The molecule has 2 aromatic rings. The van der Waals surface area contributed by atoms with Gasteiger partial charge in [-0.05, 0) is 0 Å². The molecule has 3 nitrogen and oxygen atoms in total. The Kier molecular flexibility index (Phi) is 5.11. The summed E-state index contributed by atoms with van der Waals surface area (Å²) in [5.74, 6) is 0.154. The molecule has 0 atom stereocenters. The number of aromatic nitrogens is 2. The van der Waals surface area contributed by atoms with Gasteiger partial charge in [0.1, 0.15) is 18.7 Å². The molecule has 0 saturated heterocycles. The largest absolute Gasteiger partial charge is 0.405 e. The Morgan fingerprint density at radius 1 is 1.05 bits per heavy atom. The van der Waals surface area contributed by atoms with E-state index in [1.165, 1.54) is 12.4 Å². The van der Waals surface area contributed by atoms with Gasteiger partial charge in [0.15, 0.2) is 0 Å². The van der Waals surface area contributed by atoms with Crippen molar-refractivity contribution in [2.24, 2.45) is 0 Å². The lowest BCUT2D eigenvalue weighted by molar-refractivity contribution is -0.115. The number of nitrogens with one attached hydrogen (secondary N) is 1. The predicted octanol–water partition coefficient (Wildman–Crippen LogP) is 3.54. The van der Waals surface area contributed by atoms with Crippen LogP contribution in [-0.4, -0.2) is 22.7 Å². The van der Waals surface area contributed by atoms with Crippen molar-refractivity contribution in [3.63, 3.8) is 0 Å². The molecule has 1 aromatic heterocycles.